The van der Waals surface area contributed by atoms with E-state index in [2.05, 4.69) is 4.98 Å². The van der Waals surface area contributed by atoms with Crippen molar-refractivity contribution in [1.29, 1.82) is 0 Å². The number of pyridine rings is 2. The SMILES string of the molecule is CCCC(=O)c1c(O)c2cccnc2n(C(=O)c2ccc([N+](=O)[O-])cc2)c1=O. The van der Waals surface area contributed by atoms with E-state index >= 15 is 0 Å². The number of hydrogen-bond acceptors (Lipinski definition) is 7. The first-order valence-electron chi connectivity index (χ1n) is 8.41. The molecule has 1 aromatic carbocycles. The number of nitro groups is 1. The molecule has 0 radical (unpaired) electrons. The second-order valence-electron chi connectivity index (χ2n) is 6.02. The number of benzene rings is 1. The Morgan fingerprint density at radius 2 is 1.89 bits per heavy atom. The Morgan fingerprint density at radius 1 is 1.21 bits per heavy atom. The predicted molar refractivity (Wildman–Crippen MR) is 99.7 cm³/mol. The lowest BCUT2D eigenvalue weighted by atomic mass is 10.0. The molecule has 0 amide bonds. The smallest absolute Gasteiger partial charge is 0.274 e. The summed E-state index contributed by atoms with van der Waals surface area (Å²) >= 11 is 0. The third-order valence-electron chi connectivity index (χ3n) is 4.19. The van der Waals surface area contributed by atoms with E-state index in [9.17, 15) is 29.6 Å². The van der Waals surface area contributed by atoms with Gasteiger partial charge in [0.2, 0.25) is 0 Å². The molecule has 3 rings (SSSR count). The highest BCUT2D eigenvalue weighted by Gasteiger charge is 2.25. The third-order valence-corrected chi connectivity index (χ3v) is 4.19. The number of carbonyl (C=O) groups is 2. The van der Waals surface area contributed by atoms with Crippen LogP contribution >= 0.6 is 0 Å². The molecular weight excluding hydrogens is 366 g/mol. The standard InChI is InChI=1S/C19H15N3O6/c1-2-4-14(23)15-16(24)13-5-3-10-20-17(13)21(19(15)26)18(25)11-6-8-12(9-7-11)22(27)28/h3,5-10,24H,2,4H2,1H3. The minimum atomic E-state index is -0.981. The van der Waals surface area contributed by atoms with Gasteiger partial charge < -0.3 is 5.11 Å². The van der Waals surface area contributed by atoms with Crippen LogP contribution in [0, 0.1) is 10.1 Å². The van der Waals surface area contributed by atoms with E-state index in [0.717, 1.165) is 12.1 Å². The molecule has 1 N–H and O–H groups in total. The summed E-state index contributed by atoms with van der Waals surface area (Å²) in [6.45, 7) is 1.75. The van der Waals surface area contributed by atoms with Gasteiger partial charge in [-0.1, -0.05) is 6.92 Å². The maximum absolute atomic E-state index is 13.0. The van der Waals surface area contributed by atoms with Crippen LogP contribution in [0.5, 0.6) is 5.75 Å². The van der Waals surface area contributed by atoms with Gasteiger partial charge in [0, 0.05) is 30.3 Å². The molecule has 0 atom stereocenters. The fourth-order valence-corrected chi connectivity index (χ4v) is 2.85. The van der Waals surface area contributed by atoms with E-state index in [1.165, 1.54) is 30.5 Å². The van der Waals surface area contributed by atoms with E-state index < -0.39 is 33.5 Å². The van der Waals surface area contributed by atoms with Crippen molar-refractivity contribution in [3.8, 4) is 5.75 Å². The molecule has 0 unspecified atom stereocenters. The normalized spacial score (nSPS) is 10.8. The molecule has 9 nitrogen and oxygen atoms in total. The van der Waals surface area contributed by atoms with Gasteiger partial charge in [-0.25, -0.2) is 9.55 Å². The number of nitro benzene ring substituents is 1. The zero-order valence-corrected chi connectivity index (χ0v) is 14.8. The van der Waals surface area contributed by atoms with Crippen LogP contribution in [0.4, 0.5) is 5.69 Å². The van der Waals surface area contributed by atoms with Gasteiger partial charge in [0.05, 0.1) is 10.3 Å². The molecule has 0 aliphatic rings. The molecule has 0 aliphatic heterocycles. The summed E-state index contributed by atoms with van der Waals surface area (Å²) in [5.41, 5.74) is -1.78. The van der Waals surface area contributed by atoms with Crippen molar-refractivity contribution in [3.63, 3.8) is 0 Å². The monoisotopic (exact) mass is 381 g/mol. The van der Waals surface area contributed by atoms with Crippen LogP contribution in [0.25, 0.3) is 11.0 Å². The number of ketones is 1. The van der Waals surface area contributed by atoms with Crippen LogP contribution in [0.3, 0.4) is 0 Å². The fraction of sp³-hybridized carbons (Fsp3) is 0.158. The molecule has 3 aromatic rings. The van der Waals surface area contributed by atoms with Crippen LogP contribution in [-0.2, 0) is 0 Å². The Hall–Kier alpha value is -3.88. The van der Waals surface area contributed by atoms with Crippen LogP contribution < -0.4 is 5.56 Å². The molecule has 0 saturated carbocycles. The maximum atomic E-state index is 13.0. The molecule has 2 aromatic heterocycles. The van der Waals surface area contributed by atoms with Crippen LogP contribution in [-0.4, -0.2) is 31.3 Å². The van der Waals surface area contributed by atoms with Crippen molar-refractivity contribution in [3.05, 3.63) is 74.2 Å². The number of fused-ring (bicyclic) bond motifs is 1. The summed E-state index contributed by atoms with van der Waals surface area (Å²) in [6.07, 6.45) is 1.83. The van der Waals surface area contributed by atoms with Crippen LogP contribution in [0.1, 0.15) is 40.5 Å². The second-order valence-corrected chi connectivity index (χ2v) is 6.02. The van der Waals surface area contributed by atoms with Crippen molar-refractivity contribution in [2.45, 2.75) is 19.8 Å². The van der Waals surface area contributed by atoms with Gasteiger partial charge in [-0.2, -0.15) is 0 Å². The zero-order valence-electron chi connectivity index (χ0n) is 14.8. The number of carbonyl (C=O) groups excluding carboxylic acids is 2. The average Bonchev–Trinajstić information content (AvgIpc) is 2.68. The molecule has 0 bridgehead atoms. The highest BCUT2D eigenvalue weighted by molar-refractivity contribution is 6.07. The van der Waals surface area contributed by atoms with Crippen LogP contribution in [0.15, 0.2) is 47.4 Å². The highest BCUT2D eigenvalue weighted by Crippen LogP contribution is 2.26. The van der Waals surface area contributed by atoms with Gasteiger partial charge in [-0.05, 0) is 30.7 Å². The van der Waals surface area contributed by atoms with Gasteiger partial charge >= 0.3 is 0 Å². The van der Waals surface area contributed by atoms with Crippen molar-refractivity contribution < 1.29 is 19.6 Å². The molecule has 9 heteroatoms. The molecule has 28 heavy (non-hydrogen) atoms. The summed E-state index contributed by atoms with van der Waals surface area (Å²) in [5.74, 6) is -1.91. The molecule has 0 spiro atoms. The van der Waals surface area contributed by atoms with Crippen molar-refractivity contribution in [2.75, 3.05) is 0 Å². The lowest BCUT2D eigenvalue weighted by Gasteiger charge is -2.12. The number of non-ortho nitro benzene ring substituents is 1. The van der Waals surface area contributed by atoms with E-state index in [4.69, 9.17) is 0 Å². The first-order valence-corrected chi connectivity index (χ1v) is 8.41. The number of nitrogens with zero attached hydrogens (tertiary/aromatic N) is 3. The molecule has 2 heterocycles. The van der Waals surface area contributed by atoms with Crippen LogP contribution in [0.2, 0.25) is 0 Å². The summed E-state index contributed by atoms with van der Waals surface area (Å²) in [6, 6.07) is 7.64. The number of aromatic nitrogens is 2. The molecule has 142 valence electrons. The highest BCUT2D eigenvalue weighted by atomic mass is 16.6. The minimum absolute atomic E-state index is 0.000710. The van der Waals surface area contributed by atoms with E-state index in [1.54, 1.807) is 6.92 Å². The van der Waals surface area contributed by atoms with Gasteiger partial charge in [-0.3, -0.25) is 24.5 Å². The number of Topliss-reactive ketones (excluding diaryl/α,β-unsaturated/α-hetero) is 1. The second kappa shape index (κ2) is 7.39. The van der Waals surface area contributed by atoms with E-state index in [1.807, 2.05) is 0 Å². The topological polar surface area (TPSA) is 132 Å². The first kappa shape index (κ1) is 18.9. The summed E-state index contributed by atoms with van der Waals surface area (Å²) in [5, 5.41) is 21.3. The average molecular weight is 381 g/mol. The number of rotatable bonds is 5. The lowest BCUT2D eigenvalue weighted by Crippen LogP contribution is -2.32. The van der Waals surface area contributed by atoms with Gasteiger partial charge in [-0.15, -0.1) is 0 Å². The van der Waals surface area contributed by atoms with Crippen molar-refractivity contribution in [2.24, 2.45) is 0 Å². The Balaban J connectivity index is 2.27. The van der Waals surface area contributed by atoms with Gasteiger partial charge in [0.25, 0.3) is 17.2 Å². The van der Waals surface area contributed by atoms with Crippen molar-refractivity contribution in [1.82, 2.24) is 9.55 Å². The Bertz CT molecular complexity index is 1160. The summed E-state index contributed by atoms with van der Waals surface area (Å²) in [7, 11) is 0. The molecule has 0 saturated heterocycles. The van der Waals surface area contributed by atoms with E-state index in [0.29, 0.717) is 11.0 Å². The van der Waals surface area contributed by atoms with E-state index in [-0.39, 0.29) is 28.7 Å². The van der Waals surface area contributed by atoms with Gasteiger partial charge in [0.1, 0.15) is 11.3 Å². The number of aromatic hydroxyl groups is 1. The Morgan fingerprint density at radius 3 is 2.50 bits per heavy atom. The van der Waals surface area contributed by atoms with Crippen molar-refractivity contribution >= 4 is 28.4 Å². The Labute approximate surface area is 158 Å². The lowest BCUT2D eigenvalue weighted by molar-refractivity contribution is -0.384. The minimum Gasteiger partial charge on any atom is -0.506 e. The third kappa shape index (κ3) is 3.13. The Kier molecular flexibility index (Phi) is 4.99. The van der Waals surface area contributed by atoms with Gasteiger partial charge in [0.15, 0.2) is 11.4 Å². The quantitative estimate of drug-likeness (QED) is 0.408. The predicted octanol–water partition coefficient (Wildman–Crippen LogP) is 2.68. The molecule has 0 aliphatic carbocycles. The number of hydrogen-bond donors (Lipinski definition) is 1. The maximum Gasteiger partial charge on any atom is 0.274 e. The summed E-state index contributed by atoms with van der Waals surface area (Å²) < 4.78 is 0.707. The fourth-order valence-electron chi connectivity index (χ4n) is 2.85. The summed E-state index contributed by atoms with van der Waals surface area (Å²) in [4.78, 5) is 52.5. The zero-order chi connectivity index (χ0) is 20.4. The largest absolute Gasteiger partial charge is 0.506 e. The first-order chi connectivity index (χ1) is 13.4. The molecule has 0 fully saturated rings. The molecular formula is C19H15N3O6.